The molecule has 2 aromatic rings. The van der Waals surface area contributed by atoms with Crippen LogP contribution >= 0.6 is 0 Å². The molecule has 0 aliphatic carbocycles. The van der Waals surface area contributed by atoms with E-state index in [-0.39, 0.29) is 12.0 Å². The Balaban J connectivity index is 1.77. The van der Waals surface area contributed by atoms with Gasteiger partial charge < -0.3 is 15.3 Å². The van der Waals surface area contributed by atoms with E-state index in [2.05, 4.69) is 21.3 Å². The Morgan fingerprint density at radius 2 is 2.08 bits per heavy atom. The lowest BCUT2D eigenvalue weighted by Gasteiger charge is -2.32. The van der Waals surface area contributed by atoms with Crippen LogP contribution in [0.1, 0.15) is 34.6 Å². The van der Waals surface area contributed by atoms with Gasteiger partial charge in [-0.25, -0.2) is 4.98 Å². The number of aliphatic hydroxyl groups excluding tert-OH is 1. The topological polar surface area (TPSA) is 89.3 Å². The number of hydrogen-bond donors (Lipinski definition) is 2. The van der Waals surface area contributed by atoms with Crippen molar-refractivity contribution in [3.05, 3.63) is 53.3 Å². The minimum atomic E-state index is -0.304. The number of aromatic nitrogens is 1. The molecule has 1 fully saturated rings. The molecule has 3 rings (SSSR count). The number of benzene rings is 1. The van der Waals surface area contributed by atoms with E-state index in [4.69, 9.17) is 0 Å². The first-order chi connectivity index (χ1) is 12.1. The number of nitrogens with zero attached hydrogens (tertiary/aromatic N) is 3. The molecular formula is C19H20N4O2. The van der Waals surface area contributed by atoms with Gasteiger partial charge in [0.15, 0.2) is 0 Å². The van der Waals surface area contributed by atoms with Crippen LogP contribution in [0.2, 0.25) is 0 Å². The molecule has 2 N–H and O–H groups in total. The molecule has 1 aromatic carbocycles. The number of hydrogen-bond acceptors (Lipinski definition) is 5. The molecule has 0 radical (unpaired) electrons. The monoisotopic (exact) mass is 336 g/mol. The summed E-state index contributed by atoms with van der Waals surface area (Å²) in [5.74, 6) is -0.304. The second-order valence-electron chi connectivity index (χ2n) is 6.18. The summed E-state index contributed by atoms with van der Waals surface area (Å²) in [5.41, 5.74) is 3.01. The third-order valence-electron chi connectivity index (χ3n) is 4.30. The molecule has 0 atom stereocenters. The van der Waals surface area contributed by atoms with Gasteiger partial charge in [0.05, 0.1) is 17.4 Å². The molecule has 0 spiro atoms. The maximum absolute atomic E-state index is 12.3. The summed E-state index contributed by atoms with van der Waals surface area (Å²) in [6, 6.07) is 12.8. The summed E-state index contributed by atoms with van der Waals surface area (Å²) in [6.45, 7) is 3.26. The van der Waals surface area contributed by atoms with Crippen molar-refractivity contribution in [2.45, 2.75) is 25.9 Å². The van der Waals surface area contributed by atoms with Gasteiger partial charge in [0.2, 0.25) is 0 Å². The van der Waals surface area contributed by atoms with Gasteiger partial charge >= 0.3 is 0 Å². The Kier molecular flexibility index (Phi) is 4.96. The SMILES string of the molecule is Cc1cccc(C(=O)Nc2ccc(N3CCC(O)CC3)c(C#N)c2)n1. The highest BCUT2D eigenvalue weighted by atomic mass is 16.3. The zero-order valence-electron chi connectivity index (χ0n) is 14.1. The number of nitrogens with one attached hydrogen (secondary N) is 1. The summed E-state index contributed by atoms with van der Waals surface area (Å²) < 4.78 is 0. The number of amides is 1. The van der Waals surface area contributed by atoms with Gasteiger partial charge in [0.25, 0.3) is 5.91 Å². The highest BCUT2D eigenvalue weighted by Gasteiger charge is 2.20. The fourth-order valence-electron chi connectivity index (χ4n) is 2.95. The Morgan fingerprint density at radius 1 is 1.32 bits per heavy atom. The van der Waals surface area contributed by atoms with Crippen molar-refractivity contribution in [2.75, 3.05) is 23.3 Å². The van der Waals surface area contributed by atoms with Gasteiger partial charge in [-0.1, -0.05) is 6.07 Å². The van der Waals surface area contributed by atoms with Crippen molar-refractivity contribution in [3.63, 3.8) is 0 Å². The Labute approximate surface area is 146 Å². The van der Waals surface area contributed by atoms with E-state index in [1.165, 1.54) is 0 Å². The average Bonchev–Trinajstić information content (AvgIpc) is 2.62. The maximum Gasteiger partial charge on any atom is 0.274 e. The van der Waals surface area contributed by atoms with Crippen molar-refractivity contribution in [1.82, 2.24) is 4.98 Å². The highest BCUT2D eigenvalue weighted by molar-refractivity contribution is 6.03. The molecule has 0 unspecified atom stereocenters. The van der Waals surface area contributed by atoms with Gasteiger partial charge in [0.1, 0.15) is 11.8 Å². The van der Waals surface area contributed by atoms with E-state index < -0.39 is 0 Å². The van der Waals surface area contributed by atoms with Gasteiger partial charge in [-0.05, 0) is 50.1 Å². The van der Waals surface area contributed by atoms with Gasteiger partial charge in [0, 0.05) is 24.5 Å². The summed E-state index contributed by atoms with van der Waals surface area (Å²) in [4.78, 5) is 18.6. The van der Waals surface area contributed by atoms with Crippen LogP contribution in [0.25, 0.3) is 0 Å². The van der Waals surface area contributed by atoms with Crippen LogP contribution in [0, 0.1) is 18.3 Å². The van der Waals surface area contributed by atoms with Crippen LogP contribution in [0.3, 0.4) is 0 Å². The van der Waals surface area contributed by atoms with E-state index >= 15 is 0 Å². The first-order valence-corrected chi connectivity index (χ1v) is 8.29. The average molecular weight is 336 g/mol. The molecule has 6 nitrogen and oxygen atoms in total. The van der Waals surface area contributed by atoms with E-state index in [1.807, 2.05) is 19.1 Å². The van der Waals surface area contributed by atoms with Gasteiger partial charge in [-0.3, -0.25) is 4.79 Å². The summed E-state index contributed by atoms with van der Waals surface area (Å²) in [6.07, 6.45) is 1.13. The largest absolute Gasteiger partial charge is 0.393 e. The van der Waals surface area contributed by atoms with Crippen LogP contribution in [0.15, 0.2) is 36.4 Å². The molecule has 1 saturated heterocycles. The van der Waals surface area contributed by atoms with Crippen LogP contribution in [0.5, 0.6) is 0 Å². The van der Waals surface area contributed by atoms with E-state index in [9.17, 15) is 15.2 Å². The first kappa shape index (κ1) is 16.9. The third kappa shape index (κ3) is 3.95. The van der Waals surface area contributed by atoms with Crippen LogP contribution in [0.4, 0.5) is 11.4 Å². The number of aryl methyl sites for hydroxylation is 1. The molecule has 128 valence electrons. The van der Waals surface area contributed by atoms with Crippen molar-refractivity contribution >= 4 is 17.3 Å². The number of anilines is 2. The van der Waals surface area contributed by atoms with Crippen molar-refractivity contribution < 1.29 is 9.90 Å². The molecule has 2 heterocycles. The minimum Gasteiger partial charge on any atom is -0.393 e. The number of rotatable bonds is 3. The molecule has 1 aromatic heterocycles. The molecule has 1 aliphatic rings. The molecule has 0 saturated carbocycles. The molecular weight excluding hydrogens is 316 g/mol. The number of aliphatic hydroxyl groups is 1. The second-order valence-corrected chi connectivity index (χ2v) is 6.18. The smallest absolute Gasteiger partial charge is 0.274 e. The summed E-state index contributed by atoms with van der Waals surface area (Å²) >= 11 is 0. The predicted octanol–water partition coefficient (Wildman–Crippen LogP) is 2.48. The number of pyridine rings is 1. The van der Waals surface area contributed by atoms with Crippen LogP contribution < -0.4 is 10.2 Å². The fourth-order valence-corrected chi connectivity index (χ4v) is 2.95. The van der Waals surface area contributed by atoms with Crippen LogP contribution in [-0.2, 0) is 0 Å². The lowest BCUT2D eigenvalue weighted by Crippen LogP contribution is -2.36. The van der Waals surface area contributed by atoms with Gasteiger partial charge in [-0.2, -0.15) is 5.26 Å². The molecule has 25 heavy (non-hydrogen) atoms. The van der Waals surface area contributed by atoms with E-state index in [1.54, 1.807) is 24.3 Å². The first-order valence-electron chi connectivity index (χ1n) is 8.29. The zero-order chi connectivity index (χ0) is 17.8. The summed E-state index contributed by atoms with van der Waals surface area (Å²) in [7, 11) is 0. The predicted molar refractivity (Wildman–Crippen MR) is 95.5 cm³/mol. The second kappa shape index (κ2) is 7.32. The summed E-state index contributed by atoms with van der Waals surface area (Å²) in [5, 5.41) is 21.9. The molecule has 0 bridgehead atoms. The normalized spacial score (nSPS) is 14.8. The lowest BCUT2D eigenvalue weighted by molar-refractivity contribution is 0.102. The number of carbonyl (C=O) groups is 1. The van der Waals surface area contributed by atoms with E-state index in [0.717, 1.165) is 24.5 Å². The fraction of sp³-hybridized carbons (Fsp3) is 0.316. The zero-order valence-corrected chi connectivity index (χ0v) is 14.1. The third-order valence-corrected chi connectivity index (χ3v) is 4.30. The van der Waals surface area contributed by atoms with Crippen molar-refractivity contribution in [1.29, 1.82) is 5.26 Å². The Morgan fingerprint density at radius 3 is 2.76 bits per heavy atom. The quantitative estimate of drug-likeness (QED) is 0.899. The molecule has 1 amide bonds. The van der Waals surface area contributed by atoms with Crippen LogP contribution in [-0.4, -0.2) is 35.2 Å². The maximum atomic E-state index is 12.3. The lowest BCUT2D eigenvalue weighted by atomic mass is 10.0. The Hall–Kier alpha value is -2.91. The molecule has 6 heteroatoms. The number of carbonyl (C=O) groups excluding carboxylic acids is 1. The standard InChI is InChI=1S/C19H20N4O2/c1-13-3-2-4-17(21-13)19(25)22-15-5-6-18(14(11-15)12-20)23-9-7-16(24)8-10-23/h2-6,11,16,24H,7-10H2,1H3,(H,22,25). The van der Waals surface area contributed by atoms with Gasteiger partial charge in [-0.15, -0.1) is 0 Å². The highest BCUT2D eigenvalue weighted by Crippen LogP contribution is 2.26. The van der Waals surface area contributed by atoms with E-state index in [0.29, 0.717) is 29.8 Å². The number of nitriles is 1. The molecule has 1 aliphatic heterocycles. The number of piperidine rings is 1. The minimum absolute atomic E-state index is 0.262. The van der Waals surface area contributed by atoms with Crippen molar-refractivity contribution in [2.24, 2.45) is 0 Å². The Bertz CT molecular complexity index is 820. The van der Waals surface area contributed by atoms with Crippen molar-refractivity contribution in [3.8, 4) is 6.07 Å².